The zero-order valence-corrected chi connectivity index (χ0v) is 17.4. The lowest BCUT2D eigenvalue weighted by molar-refractivity contribution is -0.145. The molecule has 2 heterocycles. The van der Waals surface area contributed by atoms with Crippen molar-refractivity contribution in [3.8, 4) is 11.3 Å². The second kappa shape index (κ2) is 8.94. The van der Waals surface area contributed by atoms with Crippen LogP contribution in [0.5, 0.6) is 0 Å². The van der Waals surface area contributed by atoms with Gasteiger partial charge in [-0.15, -0.1) is 0 Å². The van der Waals surface area contributed by atoms with Gasteiger partial charge in [-0.1, -0.05) is 67.5 Å². The number of carbonyl (C=O) groups excluding carboxylic acids is 1. The molecule has 5 nitrogen and oxygen atoms in total. The number of unbranched alkanes of at least 4 members (excludes halogenated alkanes) is 1. The van der Waals surface area contributed by atoms with Gasteiger partial charge < -0.3 is 9.52 Å². The number of furan rings is 1. The SMILES string of the molecule is CCCC[C@H](C(=O)O)N1C(=O)/C(=C\c2ccc(-c3cccc(Cl)c3)o2)SC1=S. The number of carboxylic acids is 1. The molecule has 1 N–H and O–H groups in total. The highest BCUT2D eigenvalue weighted by Gasteiger charge is 2.40. The van der Waals surface area contributed by atoms with E-state index in [1.165, 1.54) is 4.90 Å². The van der Waals surface area contributed by atoms with Gasteiger partial charge >= 0.3 is 5.97 Å². The number of hydrogen-bond acceptors (Lipinski definition) is 5. The fourth-order valence-corrected chi connectivity index (χ4v) is 4.39. The van der Waals surface area contributed by atoms with Crippen molar-refractivity contribution in [2.24, 2.45) is 0 Å². The van der Waals surface area contributed by atoms with Crippen LogP contribution in [0.2, 0.25) is 5.02 Å². The van der Waals surface area contributed by atoms with E-state index in [2.05, 4.69) is 0 Å². The van der Waals surface area contributed by atoms with E-state index in [0.29, 0.717) is 34.3 Å². The van der Waals surface area contributed by atoms with Crippen molar-refractivity contribution in [1.82, 2.24) is 4.90 Å². The highest BCUT2D eigenvalue weighted by Crippen LogP contribution is 2.36. The lowest BCUT2D eigenvalue weighted by Crippen LogP contribution is -2.43. The summed E-state index contributed by atoms with van der Waals surface area (Å²) in [5, 5.41) is 10.1. The zero-order chi connectivity index (χ0) is 20.3. The number of halogens is 1. The molecule has 1 aromatic carbocycles. The van der Waals surface area contributed by atoms with Gasteiger partial charge in [-0.25, -0.2) is 4.79 Å². The third-order valence-corrected chi connectivity index (χ3v) is 5.83. The Hall–Kier alpha value is -2.09. The van der Waals surface area contributed by atoms with Crippen LogP contribution < -0.4 is 0 Å². The average Bonchev–Trinajstić information content (AvgIpc) is 3.22. The van der Waals surface area contributed by atoms with E-state index < -0.39 is 17.9 Å². The number of amides is 1. The van der Waals surface area contributed by atoms with E-state index in [0.717, 1.165) is 23.7 Å². The van der Waals surface area contributed by atoms with Gasteiger partial charge in [0.25, 0.3) is 5.91 Å². The Morgan fingerprint density at radius 3 is 2.86 bits per heavy atom. The van der Waals surface area contributed by atoms with Crippen molar-refractivity contribution >= 4 is 57.9 Å². The monoisotopic (exact) mass is 435 g/mol. The number of carboxylic acid groups (broad SMARTS) is 1. The minimum absolute atomic E-state index is 0.251. The molecular formula is C20H18ClNO4S2. The summed E-state index contributed by atoms with van der Waals surface area (Å²) in [6.45, 7) is 1.97. The lowest BCUT2D eigenvalue weighted by atomic mass is 10.1. The van der Waals surface area contributed by atoms with Crippen molar-refractivity contribution in [1.29, 1.82) is 0 Å². The summed E-state index contributed by atoms with van der Waals surface area (Å²) in [7, 11) is 0. The first-order valence-corrected chi connectivity index (χ1v) is 10.4. The molecule has 0 saturated carbocycles. The van der Waals surface area contributed by atoms with E-state index in [9.17, 15) is 14.7 Å². The van der Waals surface area contributed by atoms with E-state index >= 15 is 0 Å². The van der Waals surface area contributed by atoms with Gasteiger partial charge in [0.1, 0.15) is 21.9 Å². The highest BCUT2D eigenvalue weighted by molar-refractivity contribution is 8.26. The highest BCUT2D eigenvalue weighted by atomic mass is 35.5. The van der Waals surface area contributed by atoms with E-state index in [1.807, 2.05) is 19.1 Å². The van der Waals surface area contributed by atoms with Crippen LogP contribution in [0.15, 0.2) is 45.7 Å². The maximum atomic E-state index is 12.8. The zero-order valence-electron chi connectivity index (χ0n) is 15.1. The van der Waals surface area contributed by atoms with Gasteiger partial charge in [0.2, 0.25) is 0 Å². The second-order valence-electron chi connectivity index (χ2n) is 6.26. The molecule has 1 fully saturated rings. The van der Waals surface area contributed by atoms with Crippen LogP contribution in [0.1, 0.15) is 31.9 Å². The Morgan fingerprint density at radius 1 is 1.39 bits per heavy atom. The third-order valence-electron chi connectivity index (χ3n) is 4.26. The number of nitrogens with zero attached hydrogens (tertiary/aromatic N) is 1. The molecule has 0 unspecified atom stereocenters. The molecule has 1 atom stereocenters. The fourth-order valence-electron chi connectivity index (χ4n) is 2.87. The molecule has 1 aromatic heterocycles. The topological polar surface area (TPSA) is 70.8 Å². The Bertz CT molecular complexity index is 953. The van der Waals surface area contributed by atoms with Crippen LogP contribution in [0, 0.1) is 0 Å². The van der Waals surface area contributed by atoms with Crippen LogP contribution in [-0.2, 0) is 9.59 Å². The van der Waals surface area contributed by atoms with Gasteiger partial charge in [-0.2, -0.15) is 0 Å². The summed E-state index contributed by atoms with van der Waals surface area (Å²) in [5.74, 6) is -0.349. The van der Waals surface area contributed by atoms with Crippen molar-refractivity contribution in [2.45, 2.75) is 32.2 Å². The van der Waals surface area contributed by atoms with Gasteiger partial charge in [0.05, 0.1) is 4.91 Å². The first-order valence-electron chi connectivity index (χ1n) is 8.76. The molecule has 0 bridgehead atoms. The maximum Gasteiger partial charge on any atom is 0.326 e. The van der Waals surface area contributed by atoms with Crippen LogP contribution in [-0.4, -0.2) is 32.2 Å². The van der Waals surface area contributed by atoms with Gasteiger partial charge in [0, 0.05) is 16.7 Å². The van der Waals surface area contributed by atoms with E-state index in [4.69, 9.17) is 28.2 Å². The number of carbonyl (C=O) groups is 2. The van der Waals surface area contributed by atoms with Gasteiger partial charge in [0.15, 0.2) is 0 Å². The molecule has 8 heteroatoms. The van der Waals surface area contributed by atoms with Crippen LogP contribution in [0.25, 0.3) is 17.4 Å². The lowest BCUT2D eigenvalue weighted by Gasteiger charge is -2.22. The van der Waals surface area contributed by atoms with Crippen molar-refractivity contribution < 1.29 is 19.1 Å². The summed E-state index contributed by atoms with van der Waals surface area (Å²) >= 11 is 12.4. The molecule has 1 saturated heterocycles. The quantitative estimate of drug-likeness (QED) is 0.461. The van der Waals surface area contributed by atoms with E-state index in [-0.39, 0.29) is 4.32 Å². The van der Waals surface area contributed by atoms with Crippen molar-refractivity contribution in [3.05, 3.63) is 52.1 Å². The molecule has 1 aliphatic rings. The Kier molecular flexibility index (Phi) is 6.59. The molecule has 28 heavy (non-hydrogen) atoms. The predicted octanol–water partition coefficient (Wildman–Crippen LogP) is 5.44. The van der Waals surface area contributed by atoms with Crippen molar-refractivity contribution in [3.63, 3.8) is 0 Å². The molecule has 1 amide bonds. The Morgan fingerprint density at radius 2 is 2.18 bits per heavy atom. The molecule has 2 aromatic rings. The number of thioether (sulfide) groups is 1. The van der Waals surface area contributed by atoms with Crippen molar-refractivity contribution in [2.75, 3.05) is 0 Å². The maximum absolute atomic E-state index is 12.8. The predicted molar refractivity (Wildman–Crippen MR) is 115 cm³/mol. The summed E-state index contributed by atoms with van der Waals surface area (Å²) in [5.41, 5.74) is 0.824. The van der Waals surface area contributed by atoms with E-state index in [1.54, 1.807) is 30.3 Å². The summed E-state index contributed by atoms with van der Waals surface area (Å²) < 4.78 is 6.05. The summed E-state index contributed by atoms with van der Waals surface area (Å²) in [6.07, 6.45) is 3.50. The molecule has 0 spiro atoms. The standard InChI is InChI=1S/C20H18ClNO4S2/c1-2-3-7-15(19(24)25)22-18(23)17(28-20(22)27)11-14-8-9-16(26-14)12-5-4-6-13(21)10-12/h4-6,8-11,15H,2-3,7H2,1H3,(H,24,25)/b17-11+/t15-/m1/s1. The minimum Gasteiger partial charge on any atom is -0.480 e. The Labute approximate surface area is 177 Å². The number of rotatable bonds is 7. The first kappa shape index (κ1) is 20.6. The van der Waals surface area contributed by atoms with Gasteiger partial charge in [-0.3, -0.25) is 9.69 Å². The number of thiocarbonyl (C=S) groups is 1. The fraction of sp³-hybridized carbons (Fsp3) is 0.250. The molecule has 1 aliphatic heterocycles. The number of aliphatic carboxylic acids is 1. The van der Waals surface area contributed by atoms with Crippen LogP contribution in [0.3, 0.4) is 0 Å². The van der Waals surface area contributed by atoms with Crippen LogP contribution in [0.4, 0.5) is 0 Å². The average molecular weight is 436 g/mol. The van der Waals surface area contributed by atoms with Crippen LogP contribution >= 0.6 is 35.6 Å². The second-order valence-corrected chi connectivity index (χ2v) is 8.37. The molecular weight excluding hydrogens is 418 g/mol. The van der Waals surface area contributed by atoms with Gasteiger partial charge in [-0.05, 0) is 30.7 Å². The third kappa shape index (κ3) is 4.48. The Balaban J connectivity index is 1.83. The molecule has 0 radical (unpaired) electrons. The smallest absolute Gasteiger partial charge is 0.326 e. The largest absolute Gasteiger partial charge is 0.480 e. The molecule has 0 aliphatic carbocycles. The number of benzene rings is 1. The summed E-state index contributed by atoms with van der Waals surface area (Å²) in [6, 6.07) is 9.85. The molecule has 146 valence electrons. The first-order chi connectivity index (χ1) is 13.4. The molecule has 3 rings (SSSR count). The number of hydrogen-bond donors (Lipinski definition) is 1. The summed E-state index contributed by atoms with van der Waals surface area (Å²) in [4.78, 5) is 25.9. The normalized spacial score (nSPS) is 16.8. The minimum atomic E-state index is -1.05.